The number of nitrogen functional groups attached to an aromatic ring is 1. The normalized spacial score (nSPS) is 10.9. The van der Waals surface area contributed by atoms with E-state index in [1.165, 1.54) is 5.56 Å². The van der Waals surface area contributed by atoms with Gasteiger partial charge in [0.25, 0.3) is 0 Å². The van der Waals surface area contributed by atoms with Crippen molar-refractivity contribution in [1.29, 1.82) is 0 Å². The molecule has 4 aromatic rings. The number of aromatic nitrogens is 2. The van der Waals surface area contributed by atoms with E-state index in [1.54, 1.807) is 0 Å². The molecular weight excluding hydrogens is 322 g/mol. The topological polar surface area (TPSA) is 52.5 Å². The molecule has 0 saturated carbocycles. The van der Waals surface area contributed by atoms with Gasteiger partial charge in [0.15, 0.2) is 11.4 Å². The Hall–Kier alpha value is -3.27. The highest BCUT2D eigenvalue weighted by Gasteiger charge is 2.09. The van der Waals surface area contributed by atoms with E-state index in [9.17, 15) is 0 Å². The number of anilines is 1. The van der Waals surface area contributed by atoms with Crippen LogP contribution in [0.25, 0.3) is 16.9 Å². The van der Waals surface area contributed by atoms with Crippen LogP contribution in [0.5, 0.6) is 5.75 Å². The van der Waals surface area contributed by atoms with E-state index in [2.05, 4.69) is 24.3 Å². The number of aryl methyl sites for hydroxylation is 1. The summed E-state index contributed by atoms with van der Waals surface area (Å²) in [5.41, 5.74) is 10.6. The van der Waals surface area contributed by atoms with E-state index in [0.717, 1.165) is 41.2 Å². The molecule has 0 spiro atoms. The van der Waals surface area contributed by atoms with Gasteiger partial charge in [-0.1, -0.05) is 42.5 Å². The summed E-state index contributed by atoms with van der Waals surface area (Å²) in [6.07, 6.45) is 5.98. The van der Waals surface area contributed by atoms with Gasteiger partial charge in [-0.2, -0.15) is 0 Å². The van der Waals surface area contributed by atoms with Crippen LogP contribution in [0.3, 0.4) is 0 Å². The first-order chi connectivity index (χ1) is 12.8. The van der Waals surface area contributed by atoms with Crippen LogP contribution in [0.4, 0.5) is 5.69 Å². The first-order valence-corrected chi connectivity index (χ1v) is 8.80. The summed E-state index contributed by atoms with van der Waals surface area (Å²) in [5.74, 6) is 0.808. The summed E-state index contributed by atoms with van der Waals surface area (Å²) >= 11 is 0. The highest BCUT2D eigenvalue weighted by molar-refractivity contribution is 5.67. The van der Waals surface area contributed by atoms with E-state index >= 15 is 0 Å². The summed E-state index contributed by atoms with van der Waals surface area (Å²) in [7, 11) is 0. The predicted molar refractivity (Wildman–Crippen MR) is 105 cm³/mol. The van der Waals surface area contributed by atoms with Crippen LogP contribution in [0.2, 0.25) is 0 Å². The van der Waals surface area contributed by atoms with Gasteiger partial charge < -0.3 is 14.9 Å². The molecule has 0 bridgehead atoms. The average molecular weight is 343 g/mol. The Morgan fingerprint density at radius 1 is 0.923 bits per heavy atom. The minimum atomic E-state index is 0.665. The molecule has 0 fully saturated rings. The Bertz CT molecular complexity index is 991. The molecule has 26 heavy (non-hydrogen) atoms. The minimum Gasteiger partial charge on any atom is -0.490 e. The molecule has 0 aliphatic rings. The van der Waals surface area contributed by atoms with Crippen LogP contribution < -0.4 is 10.5 Å². The Balaban J connectivity index is 1.48. The molecule has 4 rings (SSSR count). The quantitative estimate of drug-likeness (QED) is 0.411. The number of nitrogens with zero attached hydrogens (tertiary/aromatic N) is 2. The number of fused-ring (bicyclic) bond motifs is 1. The molecule has 2 heterocycles. The van der Waals surface area contributed by atoms with Crippen molar-refractivity contribution in [2.24, 2.45) is 0 Å². The van der Waals surface area contributed by atoms with Crippen molar-refractivity contribution in [3.05, 3.63) is 84.7 Å². The van der Waals surface area contributed by atoms with Crippen LogP contribution in [0.1, 0.15) is 12.0 Å². The lowest BCUT2D eigenvalue weighted by Gasteiger charge is -2.07. The van der Waals surface area contributed by atoms with E-state index in [-0.39, 0.29) is 0 Å². The number of ether oxygens (including phenoxy) is 1. The Morgan fingerprint density at radius 3 is 2.54 bits per heavy atom. The monoisotopic (exact) mass is 343 g/mol. The summed E-state index contributed by atoms with van der Waals surface area (Å²) in [4.78, 5) is 4.75. The minimum absolute atomic E-state index is 0.665. The number of rotatable bonds is 6. The molecule has 4 nitrogen and oxygen atoms in total. The van der Waals surface area contributed by atoms with E-state index in [0.29, 0.717) is 6.61 Å². The molecule has 0 atom stereocenters. The maximum absolute atomic E-state index is 6.01. The van der Waals surface area contributed by atoms with Gasteiger partial charge in [-0.3, -0.25) is 0 Å². The van der Waals surface area contributed by atoms with Crippen molar-refractivity contribution in [3.8, 4) is 17.0 Å². The lowest BCUT2D eigenvalue weighted by Crippen LogP contribution is -2.01. The van der Waals surface area contributed by atoms with Gasteiger partial charge in [-0.15, -0.1) is 0 Å². The fraction of sp³-hybridized carbons (Fsp3) is 0.136. The van der Waals surface area contributed by atoms with E-state index in [1.807, 2.05) is 59.3 Å². The third-order valence-electron chi connectivity index (χ3n) is 4.36. The predicted octanol–water partition coefficient (Wildman–Crippen LogP) is 4.60. The average Bonchev–Trinajstić information content (AvgIpc) is 3.11. The second kappa shape index (κ2) is 7.31. The van der Waals surface area contributed by atoms with Gasteiger partial charge in [0.1, 0.15) is 0 Å². The SMILES string of the molecule is Nc1ccc(-c2cn3cccc(OCCCc4ccccc4)c3n2)cc1. The second-order valence-electron chi connectivity index (χ2n) is 6.29. The molecule has 2 N–H and O–H groups in total. The van der Waals surface area contributed by atoms with Crippen LogP contribution >= 0.6 is 0 Å². The van der Waals surface area contributed by atoms with Crippen molar-refractivity contribution in [1.82, 2.24) is 9.38 Å². The summed E-state index contributed by atoms with van der Waals surface area (Å²) in [6.45, 7) is 0.665. The molecule has 0 aliphatic heterocycles. The maximum Gasteiger partial charge on any atom is 0.180 e. The zero-order valence-electron chi connectivity index (χ0n) is 14.5. The second-order valence-corrected chi connectivity index (χ2v) is 6.29. The number of hydrogen-bond donors (Lipinski definition) is 1. The van der Waals surface area contributed by atoms with Crippen molar-refractivity contribution < 1.29 is 4.74 Å². The number of pyridine rings is 1. The molecule has 4 heteroatoms. The lowest BCUT2D eigenvalue weighted by molar-refractivity contribution is 0.313. The third-order valence-corrected chi connectivity index (χ3v) is 4.36. The first kappa shape index (κ1) is 16.2. The summed E-state index contributed by atoms with van der Waals surface area (Å²) < 4.78 is 8.00. The van der Waals surface area contributed by atoms with Crippen LogP contribution in [-0.4, -0.2) is 16.0 Å². The van der Waals surface area contributed by atoms with Crippen molar-refractivity contribution >= 4 is 11.3 Å². The molecule has 0 unspecified atom stereocenters. The maximum atomic E-state index is 6.01. The van der Waals surface area contributed by atoms with Gasteiger partial charge in [-0.25, -0.2) is 4.98 Å². The van der Waals surface area contributed by atoms with Crippen LogP contribution in [0.15, 0.2) is 79.1 Å². The van der Waals surface area contributed by atoms with Crippen LogP contribution in [-0.2, 0) is 6.42 Å². The molecule has 0 aliphatic carbocycles. The standard InChI is InChI=1S/C22H21N3O/c23-19-12-10-18(11-13-19)20-16-25-14-4-9-21(22(25)24-20)26-15-5-8-17-6-2-1-3-7-17/h1-4,6-7,9-14,16H,5,8,15,23H2. The van der Waals surface area contributed by atoms with E-state index < -0.39 is 0 Å². The van der Waals surface area contributed by atoms with Crippen molar-refractivity contribution in [2.75, 3.05) is 12.3 Å². The summed E-state index contributed by atoms with van der Waals surface area (Å²) in [5, 5.41) is 0. The van der Waals surface area contributed by atoms with Crippen molar-refractivity contribution in [2.45, 2.75) is 12.8 Å². The van der Waals surface area contributed by atoms with Gasteiger partial charge >= 0.3 is 0 Å². The number of hydrogen-bond acceptors (Lipinski definition) is 3. The molecule has 0 saturated heterocycles. The zero-order chi connectivity index (χ0) is 17.8. The summed E-state index contributed by atoms with van der Waals surface area (Å²) in [6, 6.07) is 22.2. The first-order valence-electron chi connectivity index (χ1n) is 8.80. The largest absolute Gasteiger partial charge is 0.490 e. The lowest BCUT2D eigenvalue weighted by atomic mass is 10.1. The highest BCUT2D eigenvalue weighted by Crippen LogP contribution is 2.25. The van der Waals surface area contributed by atoms with E-state index in [4.69, 9.17) is 15.5 Å². The Morgan fingerprint density at radius 2 is 1.73 bits per heavy atom. The van der Waals surface area contributed by atoms with Gasteiger partial charge in [0, 0.05) is 23.6 Å². The number of imidazole rings is 1. The molecule has 130 valence electrons. The van der Waals surface area contributed by atoms with Crippen LogP contribution in [0, 0.1) is 0 Å². The fourth-order valence-corrected chi connectivity index (χ4v) is 3.00. The van der Waals surface area contributed by atoms with Crippen molar-refractivity contribution in [3.63, 3.8) is 0 Å². The van der Waals surface area contributed by atoms with Gasteiger partial charge in [0.05, 0.1) is 12.3 Å². The molecule has 0 amide bonds. The molecule has 2 aromatic heterocycles. The molecule has 0 radical (unpaired) electrons. The molecule has 2 aromatic carbocycles. The smallest absolute Gasteiger partial charge is 0.180 e. The number of benzene rings is 2. The molecular formula is C22H21N3O. The number of nitrogens with two attached hydrogens (primary N) is 1. The highest BCUT2D eigenvalue weighted by atomic mass is 16.5. The Kier molecular flexibility index (Phi) is 4.56. The van der Waals surface area contributed by atoms with Gasteiger partial charge in [0.2, 0.25) is 0 Å². The van der Waals surface area contributed by atoms with Gasteiger partial charge in [-0.05, 0) is 42.7 Å². The Labute approximate surface area is 152 Å². The third kappa shape index (κ3) is 3.54. The fourth-order valence-electron chi connectivity index (χ4n) is 3.00. The zero-order valence-corrected chi connectivity index (χ0v) is 14.5.